The number of aromatic amines is 1. The van der Waals surface area contributed by atoms with Gasteiger partial charge in [0.2, 0.25) is 5.82 Å². The van der Waals surface area contributed by atoms with E-state index >= 15 is 0 Å². The number of methoxy groups -OCH3 is 1. The van der Waals surface area contributed by atoms with Gasteiger partial charge >= 0.3 is 5.69 Å². The number of nitrogens with one attached hydrogen (secondary N) is 1. The Hall–Kier alpha value is -1.51. The molecular weight excluding hydrogens is 247 g/mol. The molecule has 0 saturated carbocycles. The molecule has 0 aliphatic carbocycles. The average Bonchev–Trinajstić information content (AvgIpc) is 2.76. The summed E-state index contributed by atoms with van der Waals surface area (Å²) in [5.41, 5.74) is -1.84. The highest BCUT2D eigenvalue weighted by Crippen LogP contribution is 2.28. The average molecular weight is 260 g/mol. The minimum atomic E-state index is -1.07. The van der Waals surface area contributed by atoms with Crippen LogP contribution in [0.25, 0.3) is 0 Å². The first kappa shape index (κ1) is 12.9. The van der Waals surface area contributed by atoms with Crippen molar-refractivity contribution in [1.29, 1.82) is 0 Å². The molecule has 0 aromatic carbocycles. The van der Waals surface area contributed by atoms with Crippen molar-refractivity contribution in [2.75, 3.05) is 13.7 Å². The van der Waals surface area contributed by atoms with Crippen LogP contribution in [0.1, 0.15) is 12.6 Å². The maximum absolute atomic E-state index is 13.1. The molecule has 3 atom stereocenters. The number of nitrogens with zero attached hydrogens (tertiary/aromatic N) is 1. The molecule has 0 unspecified atom stereocenters. The quantitative estimate of drug-likeness (QED) is 0.725. The second-order valence-electron chi connectivity index (χ2n) is 3.97. The van der Waals surface area contributed by atoms with Crippen LogP contribution in [-0.4, -0.2) is 40.6 Å². The van der Waals surface area contributed by atoms with E-state index in [1.807, 2.05) is 4.98 Å². The van der Waals surface area contributed by atoms with Crippen LogP contribution in [0.5, 0.6) is 0 Å². The van der Waals surface area contributed by atoms with Gasteiger partial charge in [0, 0.05) is 13.5 Å². The number of aliphatic hydroxyl groups is 1. The van der Waals surface area contributed by atoms with E-state index in [9.17, 15) is 14.0 Å². The molecule has 100 valence electrons. The number of aromatic nitrogens is 2. The molecule has 0 radical (unpaired) electrons. The molecule has 1 aromatic rings. The van der Waals surface area contributed by atoms with Gasteiger partial charge in [-0.2, -0.15) is 4.39 Å². The fourth-order valence-electron chi connectivity index (χ4n) is 1.96. The number of hydrogen-bond donors (Lipinski definition) is 2. The monoisotopic (exact) mass is 260 g/mol. The van der Waals surface area contributed by atoms with Crippen LogP contribution in [0.4, 0.5) is 4.39 Å². The first-order valence-corrected chi connectivity index (χ1v) is 5.37. The summed E-state index contributed by atoms with van der Waals surface area (Å²) in [7, 11) is 1.45. The van der Waals surface area contributed by atoms with Crippen LogP contribution < -0.4 is 11.2 Å². The van der Waals surface area contributed by atoms with Gasteiger partial charge in [-0.15, -0.1) is 0 Å². The summed E-state index contributed by atoms with van der Waals surface area (Å²) < 4.78 is 24.5. The SMILES string of the molecule is CO[C@H]1C[C@H](n2cc(F)c(=O)[nH]c2=O)O[C@@H]1CO. The molecule has 2 N–H and O–H groups in total. The van der Waals surface area contributed by atoms with E-state index in [1.165, 1.54) is 7.11 Å². The van der Waals surface area contributed by atoms with Crippen molar-refractivity contribution in [2.45, 2.75) is 24.9 Å². The Morgan fingerprint density at radius 2 is 2.39 bits per heavy atom. The van der Waals surface area contributed by atoms with Crippen LogP contribution in [0.3, 0.4) is 0 Å². The standard InChI is InChI=1S/C10H13FN2O5/c1-17-6-2-8(18-7(6)4-14)13-3-5(11)9(15)12-10(13)16/h3,6-8,14H,2,4H2,1H3,(H,12,15,16)/t6-,7+,8+/m0/s1. The zero-order valence-electron chi connectivity index (χ0n) is 9.63. The molecule has 1 aromatic heterocycles. The number of aliphatic hydroxyl groups excluding tert-OH is 1. The van der Waals surface area contributed by atoms with E-state index in [4.69, 9.17) is 14.6 Å². The van der Waals surface area contributed by atoms with E-state index in [1.54, 1.807) is 0 Å². The van der Waals surface area contributed by atoms with Crippen molar-refractivity contribution in [3.8, 4) is 0 Å². The Bertz CT molecular complexity index is 528. The summed E-state index contributed by atoms with van der Waals surface area (Å²) in [4.78, 5) is 24.3. The van der Waals surface area contributed by atoms with E-state index in [0.29, 0.717) is 0 Å². The maximum Gasteiger partial charge on any atom is 0.330 e. The lowest BCUT2D eigenvalue weighted by atomic mass is 10.2. The van der Waals surface area contributed by atoms with Gasteiger partial charge in [-0.25, -0.2) is 4.79 Å². The summed E-state index contributed by atoms with van der Waals surface area (Å²) >= 11 is 0. The molecule has 8 heteroatoms. The van der Waals surface area contributed by atoms with Crippen LogP contribution in [0, 0.1) is 5.82 Å². The third-order valence-corrected chi connectivity index (χ3v) is 2.90. The van der Waals surface area contributed by atoms with Crippen LogP contribution >= 0.6 is 0 Å². The molecule has 1 saturated heterocycles. The van der Waals surface area contributed by atoms with Gasteiger partial charge in [0.05, 0.1) is 18.9 Å². The number of halogens is 1. The zero-order chi connectivity index (χ0) is 13.3. The largest absolute Gasteiger partial charge is 0.394 e. The lowest BCUT2D eigenvalue weighted by Crippen LogP contribution is -2.34. The number of rotatable bonds is 3. The Morgan fingerprint density at radius 1 is 1.67 bits per heavy atom. The fourth-order valence-corrected chi connectivity index (χ4v) is 1.96. The van der Waals surface area contributed by atoms with Crippen molar-refractivity contribution in [3.05, 3.63) is 32.9 Å². The summed E-state index contributed by atoms with van der Waals surface area (Å²) in [6.07, 6.45) is -0.666. The summed E-state index contributed by atoms with van der Waals surface area (Å²) in [5.74, 6) is -1.07. The predicted octanol–water partition coefficient (Wildman–Crippen LogP) is -1.03. The van der Waals surface area contributed by atoms with Crippen molar-refractivity contribution < 1.29 is 19.0 Å². The first-order chi connectivity index (χ1) is 8.56. The normalized spacial score (nSPS) is 27.6. The van der Waals surface area contributed by atoms with E-state index in [-0.39, 0.29) is 19.1 Å². The Kier molecular flexibility index (Phi) is 3.60. The molecule has 0 spiro atoms. The summed E-state index contributed by atoms with van der Waals surface area (Å²) in [6.45, 7) is -0.268. The third kappa shape index (κ3) is 2.22. The molecular formula is C10H13FN2O5. The lowest BCUT2D eigenvalue weighted by Gasteiger charge is -2.14. The van der Waals surface area contributed by atoms with E-state index in [2.05, 4.69) is 0 Å². The Morgan fingerprint density at radius 3 is 2.94 bits per heavy atom. The number of ether oxygens (including phenoxy) is 2. The molecule has 18 heavy (non-hydrogen) atoms. The molecule has 7 nitrogen and oxygen atoms in total. The van der Waals surface area contributed by atoms with Crippen LogP contribution in [0.2, 0.25) is 0 Å². The highest BCUT2D eigenvalue weighted by molar-refractivity contribution is 4.91. The van der Waals surface area contributed by atoms with Crippen molar-refractivity contribution in [1.82, 2.24) is 9.55 Å². The third-order valence-electron chi connectivity index (χ3n) is 2.90. The van der Waals surface area contributed by atoms with Gasteiger partial charge in [0.1, 0.15) is 12.3 Å². The number of hydrogen-bond acceptors (Lipinski definition) is 5. The van der Waals surface area contributed by atoms with Crippen LogP contribution in [-0.2, 0) is 9.47 Å². The van der Waals surface area contributed by atoms with Gasteiger partial charge in [-0.05, 0) is 0 Å². The maximum atomic E-state index is 13.1. The molecule has 1 fully saturated rings. The highest BCUT2D eigenvalue weighted by Gasteiger charge is 2.36. The summed E-state index contributed by atoms with van der Waals surface area (Å²) in [5, 5.41) is 9.08. The second-order valence-corrected chi connectivity index (χ2v) is 3.97. The van der Waals surface area contributed by atoms with Gasteiger partial charge in [-0.3, -0.25) is 14.3 Å². The fraction of sp³-hybridized carbons (Fsp3) is 0.600. The first-order valence-electron chi connectivity index (χ1n) is 5.37. The molecule has 0 bridgehead atoms. The minimum Gasteiger partial charge on any atom is -0.394 e. The topological polar surface area (TPSA) is 93.6 Å². The van der Waals surface area contributed by atoms with Gasteiger partial charge < -0.3 is 14.6 Å². The van der Waals surface area contributed by atoms with E-state index < -0.39 is 29.4 Å². The zero-order valence-corrected chi connectivity index (χ0v) is 9.63. The van der Waals surface area contributed by atoms with Gasteiger partial charge in [0.25, 0.3) is 5.56 Å². The Labute approximate surface area is 101 Å². The van der Waals surface area contributed by atoms with Crippen molar-refractivity contribution in [3.63, 3.8) is 0 Å². The van der Waals surface area contributed by atoms with Crippen LogP contribution in [0.15, 0.2) is 15.8 Å². The Balaban J connectivity index is 2.31. The predicted molar refractivity (Wildman–Crippen MR) is 57.7 cm³/mol. The number of H-pyrrole nitrogens is 1. The highest BCUT2D eigenvalue weighted by atomic mass is 19.1. The van der Waals surface area contributed by atoms with Gasteiger partial charge in [0.15, 0.2) is 0 Å². The minimum absolute atomic E-state index is 0.268. The van der Waals surface area contributed by atoms with Crippen molar-refractivity contribution >= 4 is 0 Å². The molecule has 2 rings (SSSR count). The van der Waals surface area contributed by atoms with E-state index in [0.717, 1.165) is 10.8 Å². The van der Waals surface area contributed by atoms with Crippen molar-refractivity contribution in [2.24, 2.45) is 0 Å². The summed E-state index contributed by atoms with van der Waals surface area (Å²) in [6, 6.07) is 0. The molecule has 0 amide bonds. The molecule has 2 heterocycles. The van der Waals surface area contributed by atoms with Gasteiger partial charge in [-0.1, -0.05) is 0 Å². The smallest absolute Gasteiger partial charge is 0.330 e. The lowest BCUT2D eigenvalue weighted by molar-refractivity contribution is -0.0537. The molecule has 1 aliphatic heterocycles. The second kappa shape index (κ2) is 5.01. The molecule has 1 aliphatic rings.